The van der Waals surface area contributed by atoms with Crippen molar-refractivity contribution in [3.8, 4) is 22.6 Å². The SMILES string of the molecule is Cc1cc(N(c2ccc3c(c2)OCCO3)c2ccc(C(C)(C)C)cc2-c2ccccc2)c(Cl)c(N(c2cc3cc(C(C)(C)C)ccc3s2)c2c(C)cc(C(C)(C)C)cc2C)c1. The second-order valence-corrected chi connectivity index (χ2v) is 21.2. The molecule has 0 amide bonds. The highest BCUT2D eigenvalue weighted by Crippen LogP contribution is 2.53. The first kappa shape index (κ1) is 42.5. The molecule has 7 aromatic rings. The van der Waals surface area contributed by atoms with Gasteiger partial charge in [-0.1, -0.05) is 129 Å². The fourth-order valence-corrected chi connectivity index (χ4v) is 9.72. The summed E-state index contributed by atoms with van der Waals surface area (Å²) in [6.45, 7) is 28.2. The first-order valence-electron chi connectivity index (χ1n) is 21.4. The summed E-state index contributed by atoms with van der Waals surface area (Å²) in [4.78, 5) is 4.73. The van der Waals surface area contributed by atoms with Gasteiger partial charge in [-0.2, -0.15) is 0 Å². The van der Waals surface area contributed by atoms with Gasteiger partial charge in [-0.15, -0.1) is 11.3 Å². The molecular formula is C55H59ClN2O2S. The second-order valence-electron chi connectivity index (χ2n) is 19.8. The maximum absolute atomic E-state index is 8.07. The lowest BCUT2D eigenvalue weighted by atomic mass is 9.84. The molecule has 0 radical (unpaired) electrons. The third-order valence-corrected chi connectivity index (χ3v) is 13.3. The predicted molar refractivity (Wildman–Crippen MR) is 263 cm³/mol. The molecule has 0 saturated heterocycles. The Morgan fingerprint density at radius 3 is 1.77 bits per heavy atom. The molecule has 1 aliphatic rings. The maximum Gasteiger partial charge on any atom is 0.163 e. The number of fused-ring (bicyclic) bond motifs is 2. The number of halogens is 1. The van der Waals surface area contributed by atoms with Crippen molar-refractivity contribution in [3.05, 3.63) is 154 Å². The lowest BCUT2D eigenvalue weighted by molar-refractivity contribution is 0.171. The van der Waals surface area contributed by atoms with Crippen molar-refractivity contribution < 1.29 is 9.47 Å². The molecule has 1 aliphatic heterocycles. The number of benzene rings is 6. The number of rotatable bonds is 7. The highest BCUT2D eigenvalue weighted by molar-refractivity contribution is 7.23. The van der Waals surface area contributed by atoms with Crippen LogP contribution in [-0.2, 0) is 16.2 Å². The molecule has 8 rings (SSSR count). The Balaban J connectivity index is 1.42. The molecule has 0 saturated carbocycles. The van der Waals surface area contributed by atoms with Crippen molar-refractivity contribution in [2.75, 3.05) is 23.0 Å². The van der Waals surface area contributed by atoms with E-state index in [2.05, 4.69) is 202 Å². The highest BCUT2D eigenvalue weighted by Gasteiger charge is 2.30. The largest absolute Gasteiger partial charge is 0.486 e. The molecule has 0 N–H and O–H groups in total. The van der Waals surface area contributed by atoms with Crippen LogP contribution in [0.25, 0.3) is 21.2 Å². The monoisotopic (exact) mass is 846 g/mol. The van der Waals surface area contributed by atoms with Crippen LogP contribution in [0.3, 0.4) is 0 Å². The number of nitrogens with zero attached hydrogens (tertiary/aromatic N) is 2. The van der Waals surface area contributed by atoms with Gasteiger partial charge < -0.3 is 14.4 Å². The van der Waals surface area contributed by atoms with Gasteiger partial charge in [0.2, 0.25) is 0 Å². The Morgan fingerprint density at radius 1 is 0.541 bits per heavy atom. The first-order chi connectivity index (χ1) is 28.8. The molecule has 1 aromatic heterocycles. The second kappa shape index (κ2) is 15.9. The lowest BCUT2D eigenvalue weighted by Crippen LogP contribution is -2.19. The van der Waals surface area contributed by atoms with Crippen LogP contribution < -0.4 is 19.3 Å². The highest BCUT2D eigenvalue weighted by atomic mass is 35.5. The zero-order valence-corrected chi connectivity index (χ0v) is 39.5. The molecular weight excluding hydrogens is 788 g/mol. The van der Waals surface area contributed by atoms with Crippen LogP contribution in [0.15, 0.2) is 115 Å². The van der Waals surface area contributed by atoms with Gasteiger partial charge >= 0.3 is 0 Å². The van der Waals surface area contributed by atoms with E-state index in [4.69, 9.17) is 21.1 Å². The fourth-order valence-electron chi connectivity index (χ4n) is 8.38. The van der Waals surface area contributed by atoms with Gasteiger partial charge in [0.1, 0.15) is 18.2 Å². The molecule has 0 unspecified atom stereocenters. The molecule has 6 aromatic carbocycles. The minimum absolute atomic E-state index is 0.00285. The van der Waals surface area contributed by atoms with Crippen LogP contribution in [0.5, 0.6) is 11.5 Å². The molecule has 61 heavy (non-hydrogen) atoms. The van der Waals surface area contributed by atoms with E-state index in [9.17, 15) is 0 Å². The topological polar surface area (TPSA) is 24.9 Å². The van der Waals surface area contributed by atoms with Gasteiger partial charge in [-0.25, -0.2) is 0 Å². The van der Waals surface area contributed by atoms with E-state index in [1.54, 1.807) is 11.3 Å². The summed E-state index contributed by atoms with van der Waals surface area (Å²) in [5.74, 6) is 1.46. The number of ether oxygens (including phenoxy) is 2. The molecule has 0 fully saturated rings. The van der Waals surface area contributed by atoms with Gasteiger partial charge in [-0.3, -0.25) is 4.90 Å². The van der Waals surface area contributed by atoms with E-state index in [0.717, 1.165) is 61.6 Å². The van der Waals surface area contributed by atoms with Crippen LogP contribution >= 0.6 is 22.9 Å². The van der Waals surface area contributed by atoms with Gasteiger partial charge in [-0.05, 0) is 136 Å². The van der Waals surface area contributed by atoms with Gasteiger partial charge in [0.25, 0.3) is 0 Å². The van der Waals surface area contributed by atoms with E-state index >= 15 is 0 Å². The Kier molecular flexibility index (Phi) is 11.1. The summed E-state index contributed by atoms with van der Waals surface area (Å²) < 4.78 is 13.5. The van der Waals surface area contributed by atoms with Crippen LogP contribution in [0.1, 0.15) is 95.7 Å². The fraction of sp³-hybridized carbons (Fsp3) is 0.309. The minimum atomic E-state index is -0.0608. The minimum Gasteiger partial charge on any atom is -0.486 e. The quantitative estimate of drug-likeness (QED) is 0.160. The van der Waals surface area contributed by atoms with Gasteiger partial charge in [0, 0.05) is 16.3 Å². The van der Waals surface area contributed by atoms with Gasteiger partial charge in [0.05, 0.1) is 33.5 Å². The molecule has 0 aliphatic carbocycles. The average molecular weight is 848 g/mol. The van der Waals surface area contributed by atoms with Crippen molar-refractivity contribution in [1.29, 1.82) is 0 Å². The van der Waals surface area contributed by atoms with Crippen molar-refractivity contribution in [2.45, 2.75) is 99.3 Å². The van der Waals surface area contributed by atoms with Crippen molar-refractivity contribution in [1.82, 2.24) is 0 Å². The number of aryl methyl sites for hydroxylation is 3. The molecule has 4 nitrogen and oxygen atoms in total. The predicted octanol–water partition coefficient (Wildman–Crippen LogP) is 16.8. The Hall–Kier alpha value is -5.23. The normalized spacial score (nSPS) is 13.1. The molecule has 0 atom stereocenters. The molecule has 0 spiro atoms. The zero-order chi connectivity index (χ0) is 43.6. The lowest BCUT2D eigenvalue weighted by Gasteiger charge is -2.34. The maximum atomic E-state index is 8.07. The number of anilines is 6. The van der Waals surface area contributed by atoms with E-state index in [1.165, 1.54) is 37.9 Å². The third kappa shape index (κ3) is 8.40. The molecule has 2 heterocycles. The summed E-state index contributed by atoms with van der Waals surface area (Å²) in [7, 11) is 0. The summed E-state index contributed by atoms with van der Waals surface area (Å²) in [5, 5.41) is 2.98. The molecule has 6 heteroatoms. The summed E-state index contributed by atoms with van der Waals surface area (Å²) in [5.41, 5.74) is 14.4. The van der Waals surface area contributed by atoms with E-state index < -0.39 is 0 Å². The number of thiophene rings is 1. The Morgan fingerprint density at radius 2 is 1.13 bits per heavy atom. The average Bonchev–Trinajstić information content (AvgIpc) is 3.63. The summed E-state index contributed by atoms with van der Waals surface area (Å²) >= 11 is 9.88. The van der Waals surface area contributed by atoms with Crippen LogP contribution in [0, 0.1) is 20.8 Å². The number of hydrogen-bond donors (Lipinski definition) is 0. The molecule has 314 valence electrons. The smallest absolute Gasteiger partial charge is 0.163 e. The van der Waals surface area contributed by atoms with Crippen LogP contribution in [-0.4, -0.2) is 13.2 Å². The van der Waals surface area contributed by atoms with Crippen molar-refractivity contribution >= 4 is 66.5 Å². The first-order valence-corrected chi connectivity index (χ1v) is 22.6. The zero-order valence-electron chi connectivity index (χ0n) is 37.9. The third-order valence-electron chi connectivity index (χ3n) is 11.8. The van der Waals surface area contributed by atoms with Crippen LogP contribution in [0.2, 0.25) is 5.02 Å². The van der Waals surface area contributed by atoms with E-state index in [-0.39, 0.29) is 16.2 Å². The Labute approximate surface area is 372 Å². The van der Waals surface area contributed by atoms with Crippen molar-refractivity contribution in [3.63, 3.8) is 0 Å². The molecule has 0 bridgehead atoms. The van der Waals surface area contributed by atoms with Crippen molar-refractivity contribution in [2.24, 2.45) is 0 Å². The summed E-state index contributed by atoms with van der Waals surface area (Å²) in [6, 6.07) is 42.2. The Bertz CT molecular complexity index is 2740. The van der Waals surface area contributed by atoms with Gasteiger partial charge in [0.15, 0.2) is 11.5 Å². The van der Waals surface area contributed by atoms with E-state index in [1.807, 2.05) is 6.07 Å². The standard InChI is InChI=1S/C55H59ClN2O2S/c1-34-26-45(57(42-20-22-47-48(33-42)60-25-24-59-47)44-21-18-40(54(7,8)9)32-43(44)37-16-14-13-15-17-37)51(56)46(27-34)58(52-35(2)28-41(29-36(52)3)55(10,11)12)50-31-38-30-39(53(4,5)6)19-23-49(38)61-50/h13-23,26-33H,24-25H2,1-12H3. The van der Waals surface area contributed by atoms with E-state index in [0.29, 0.717) is 18.2 Å². The summed E-state index contributed by atoms with van der Waals surface area (Å²) in [6.07, 6.45) is 0. The number of hydrogen-bond acceptors (Lipinski definition) is 5. The van der Waals surface area contributed by atoms with Crippen LogP contribution in [0.4, 0.5) is 33.4 Å².